The predicted molar refractivity (Wildman–Crippen MR) is 91.4 cm³/mol. The molecular formula is C17H18FN3O2S. The Hall–Kier alpha value is -2.41. The highest BCUT2D eigenvalue weighted by molar-refractivity contribution is 7.11. The van der Waals surface area contributed by atoms with Gasteiger partial charge < -0.3 is 14.0 Å². The van der Waals surface area contributed by atoms with E-state index in [1.165, 1.54) is 20.3 Å². The molecule has 2 aromatic heterocycles. The molecule has 7 heteroatoms. The Labute approximate surface area is 143 Å². The van der Waals surface area contributed by atoms with Crippen LogP contribution in [-0.2, 0) is 6.54 Å². The molecule has 0 saturated carbocycles. The van der Waals surface area contributed by atoms with Crippen molar-refractivity contribution in [3.05, 3.63) is 45.9 Å². The van der Waals surface area contributed by atoms with Gasteiger partial charge in [-0.1, -0.05) is 0 Å². The van der Waals surface area contributed by atoms with Gasteiger partial charge in [0.05, 0.1) is 37.0 Å². The standard InChI is InChI=1S/C17H18FN3O2S/c1-10-16(24-11(2)20-10)9-21-6-5-19-17(21)12-7-14(22-3)15(23-4)8-13(12)18/h5-8H,9H2,1-4H3. The zero-order chi connectivity index (χ0) is 17.3. The number of ether oxygens (including phenoxy) is 2. The third-order valence-corrected chi connectivity index (χ3v) is 4.80. The lowest BCUT2D eigenvalue weighted by atomic mass is 10.1. The fourth-order valence-corrected chi connectivity index (χ4v) is 3.52. The zero-order valence-electron chi connectivity index (χ0n) is 14.0. The summed E-state index contributed by atoms with van der Waals surface area (Å²) in [5.74, 6) is 0.954. The van der Waals surface area contributed by atoms with Gasteiger partial charge in [-0.15, -0.1) is 11.3 Å². The second-order valence-electron chi connectivity index (χ2n) is 5.31. The molecule has 0 aliphatic carbocycles. The maximum Gasteiger partial charge on any atom is 0.163 e. The van der Waals surface area contributed by atoms with Crippen LogP contribution in [0.3, 0.4) is 0 Å². The normalized spacial score (nSPS) is 10.9. The molecule has 2 heterocycles. The Balaban J connectivity index is 2.03. The van der Waals surface area contributed by atoms with Crippen LogP contribution < -0.4 is 9.47 Å². The highest BCUT2D eigenvalue weighted by Crippen LogP contribution is 2.34. The molecule has 0 unspecified atom stereocenters. The molecule has 0 aliphatic rings. The minimum absolute atomic E-state index is 0.353. The van der Waals surface area contributed by atoms with Crippen molar-refractivity contribution in [2.24, 2.45) is 0 Å². The van der Waals surface area contributed by atoms with Crippen LogP contribution in [0.2, 0.25) is 0 Å². The van der Waals surface area contributed by atoms with Crippen LogP contribution in [-0.4, -0.2) is 28.8 Å². The Morgan fingerprint density at radius 1 is 1.17 bits per heavy atom. The summed E-state index contributed by atoms with van der Waals surface area (Å²) in [5, 5.41) is 1.02. The van der Waals surface area contributed by atoms with Crippen LogP contribution in [0.5, 0.6) is 11.5 Å². The second-order valence-corrected chi connectivity index (χ2v) is 6.60. The minimum atomic E-state index is -0.405. The first-order valence-corrected chi connectivity index (χ1v) is 8.21. The summed E-state index contributed by atoms with van der Waals surface area (Å²) < 4.78 is 26.8. The molecule has 0 bridgehead atoms. The van der Waals surface area contributed by atoms with Crippen LogP contribution >= 0.6 is 11.3 Å². The minimum Gasteiger partial charge on any atom is -0.493 e. The number of aromatic nitrogens is 3. The third-order valence-electron chi connectivity index (χ3n) is 3.74. The van der Waals surface area contributed by atoms with E-state index in [0.29, 0.717) is 29.4 Å². The number of halogens is 1. The van der Waals surface area contributed by atoms with Crippen molar-refractivity contribution in [2.45, 2.75) is 20.4 Å². The van der Waals surface area contributed by atoms with Crippen molar-refractivity contribution in [3.8, 4) is 22.9 Å². The molecule has 0 fully saturated rings. The molecule has 0 N–H and O–H groups in total. The van der Waals surface area contributed by atoms with E-state index in [1.807, 2.05) is 24.6 Å². The largest absolute Gasteiger partial charge is 0.493 e. The first-order chi connectivity index (χ1) is 11.5. The van der Waals surface area contributed by atoms with Gasteiger partial charge in [-0.25, -0.2) is 14.4 Å². The second kappa shape index (κ2) is 6.60. The van der Waals surface area contributed by atoms with Gasteiger partial charge in [0.2, 0.25) is 0 Å². The van der Waals surface area contributed by atoms with E-state index in [9.17, 15) is 4.39 Å². The Morgan fingerprint density at radius 3 is 2.50 bits per heavy atom. The highest BCUT2D eigenvalue weighted by Gasteiger charge is 2.17. The molecule has 3 rings (SSSR count). The van der Waals surface area contributed by atoms with Crippen molar-refractivity contribution in [2.75, 3.05) is 14.2 Å². The maximum atomic E-state index is 14.5. The molecular weight excluding hydrogens is 329 g/mol. The van der Waals surface area contributed by atoms with Gasteiger partial charge in [0.25, 0.3) is 0 Å². The van der Waals surface area contributed by atoms with Gasteiger partial charge in [0, 0.05) is 23.3 Å². The SMILES string of the molecule is COc1cc(F)c(-c2nccn2Cc2sc(C)nc2C)cc1OC. The number of thiazole rings is 1. The van der Waals surface area contributed by atoms with E-state index in [2.05, 4.69) is 9.97 Å². The number of hydrogen-bond acceptors (Lipinski definition) is 5. The maximum absolute atomic E-state index is 14.5. The number of imidazole rings is 1. The first-order valence-electron chi connectivity index (χ1n) is 7.39. The highest BCUT2D eigenvalue weighted by atomic mass is 32.1. The van der Waals surface area contributed by atoms with Crippen LogP contribution in [0.25, 0.3) is 11.4 Å². The van der Waals surface area contributed by atoms with Crippen LogP contribution in [0.1, 0.15) is 15.6 Å². The van der Waals surface area contributed by atoms with Gasteiger partial charge in [-0.05, 0) is 19.9 Å². The van der Waals surface area contributed by atoms with E-state index < -0.39 is 5.82 Å². The third kappa shape index (κ3) is 2.99. The number of hydrogen-bond donors (Lipinski definition) is 0. The average molecular weight is 347 g/mol. The van der Waals surface area contributed by atoms with Crippen LogP contribution in [0.4, 0.5) is 4.39 Å². The molecule has 1 aromatic carbocycles. The number of rotatable bonds is 5. The number of aryl methyl sites for hydroxylation is 2. The van der Waals surface area contributed by atoms with Gasteiger partial charge in [0.15, 0.2) is 11.5 Å². The molecule has 24 heavy (non-hydrogen) atoms. The molecule has 0 spiro atoms. The quantitative estimate of drug-likeness (QED) is 0.704. The summed E-state index contributed by atoms with van der Waals surface area (Å²) in [6.45, 7) is 4.55. The van der Waals surface area contributed by atoms with Gasteiger partial charge in [-0.2, -0.15) is 0 Å². The van der Waals surface area contributed by atoms with Crippen molar-refractivity contribution in [3.63, 3.8) is 0 Å². The lowest BCUT2D eigenvalue weighted by molar-refractivity contribution is 0.352. The van der Waals surface area contributed by atoms with Crippen LogP contribution in [0.15, 0.2) is 24.5 Å². The van der Waals surface area contributed by atoms with Crippen molar-refractivity contribution in [1.82, 2.24) is 14.5 Å². The van der Waals surface area contributed by atoms with Crippen molar-refractivity contribution >= 4 is 11.3 Å². The summed E-state index contributed by atoms with van der Waals surface area (Å²) >= 11 is 1.64. The molecule has 0 saturated heterocycles. The summed E-state index contributed by atoms with van der Waals surface area (Å²) in [4.78, 5) is 9.89. The van der Waals surface area contributed by atoms with Gasteiger partial charge in [-0.3, -0.25) is 0 Å². The molecule has 0 aliphatic heterocycles. The average Bonchev–Trinajstić information content (AvgIpc) is 3.13. The molecule has 0 radical (unpaired) electrons. The number of benzene rings is 1. The first kappa shape index (κ1) is 16.4. The number of methoxy groups -OCH3 is 2. The number of nitrogens with zero attached hydrogens (tertiary/aromatic N) is 3. The van der Waals surface area contributed by atoms with Gasteiger partial charge in [0.1, 0.15) is 11.6 Å². The van der Waals surface area contributed by atoms with Gasteiger partial charge >= 0.3 is 0 Å². The van der Waals surface area contributed by atoms with E-state index in [1.54, 1.807) is 23.6 Å². The Kier molecular flexibility index (Phi) is 4.53. The summed E-state index contributed by atoms with van der Waals surface area (Å²) in [6.07, 6.45) is 3.49. The van der Waals surface area contributed by atoms with E-state index >= 15 is 0 Å². The summed E-state index contributed by atoms with van der Waals surface area (Å²) in [7, 11) is 3.00. The summed E-state index contributed by atoms with van der Waals surface area (Å²) in [6, 6.07) is 2.92. The monoisotopic (exact) mass is 347 g/mol. The topological polar surface area (TPSA) is 49.2 Å². The lowest BCUT2D eigenvalue weighted by Crippen LogP contribution is -2.03. The lowest BCUT2D eigenvalue weighted by Gasteiger charge is -2.12. The van der Waals surface area contributed by atoms with Crippen molar-refractivity contribution < 1.29 is 13.9 Å². The molecule has 0 atom stereocenters. The molecule has 5 nitrogen and oxygen atoms in total. The van der Waals surface area contributed by atoms with Crippen molar-refractivity contribution in [1.29, 1.82) is 0 Å². The smallest absolute Gasteiger partial charge is 0.163 e. The zero-order valence-corrected chi connectivity index (χ0v) is 14.8. The fourth-order valence-electron chi connectivity index (χ4n) is 2.58. The fraction of sp³-hybridized carbons (Fsp3) is 0.294. The van der Waals surface area contributed by atoms with E-state index in [-0.39, 0.29) is 0 Å². The van der Waals surface area contributed by atoms with E-state index in [0.717, 1.165) is 15.6 Å². The van der Waals surface area contributed by atoms with Crippen LogP contribution in [0, 0.1) is 19.7 Å². The summed E-state index contributed by atoms with van der Waals surface area (Å²) in [5.41, 5.74) is 1.36. The Morgan fingerprint density at radius 2 is 1.88 bits per heavy atom. The molecule has 0 amide bonds. The van der Waals surface area contributed by atoms with E-state index in [4.69, 9.17) is 9.47 Å². The molecule has 126 valence electrons. The Bertz CT molecular complexity index is 873. The molecule has 3 aromatic rings. The predicted octanol–water partition coefficient (Wildman–Crippen LogP) is 3.83.